The molecule has 10 heteroatoms. The van der Waals surface area contributed by atoms with Crippen LogP contribution >= 0.6 is 11.6 Å². The van der Waals surface area contributed by atoms with Crippen LogP contribution in [0.1, 0.15) is 23.4 Å². The molecule has 0 radical (unpaired) electrons. The van der Waals surface area contributed by atoms with E-state index in [1.165, 1.54) is 6.07 Å². The second-order valence-corrected chi connectivity index (χ2v) is 10.7. The highest BCUT2D eigenvalue weighted by molar-refractivity contribution is 7.92. The zero-order valence-electron chi connectivity index (χ0n) is 13.9. The Hall–Kier alpha value is -1.61. The minimum Gasteiger partial charge on any atom is -0.352 e. The predicted octanol–water partition coefficient (Wildman–Crippen LogP) is 0.339. The molecule has 2 aliphatic carbocycles. The highest BCUT2D eigenvalue weighted by Crippen LogP contribution is 2.54. The van der Waals surface area contributed by atoms with Crippen LogP contribution in [-0.4, -0.2) is 60.9 Å². The van der Waals surface area contributed by atoms with Gasteiger partial charge in [-0.2, -0.15) is 0 Å². The van der Waals surface area contributed by atoms with Crippen molar-refractivity contribution in [2.75, 3.05) is 24.6 Å². The number of carbonyl (C=O) groups is 2. The molecule has 2 saturated carbocycles. The quantitative estimate of drug-likeness (QED) is 0.784. The monoisotopic (exact) mass is 399 g/mol. The van der Waals surface area contributed by atoms with Gasteiger partial charge < -0.3 is 14.7 Å². The molecule has 2 amide bonds. The van der Waals surface area contributed by atoms with Crippen molar-refractivity contribution < 1.29 is 22.5 Å². The van der Waals surface area contributed by atoms with Crippen LogP contribution < -0.4 is 5.32 Å². The van der Waals surface area contributed by atoms with E-state index in [0.717, 1.165) is 0 Å². The fraction of sp³-hybridized carbons (Fsp3) is 0.688. The van der Waals surface area contributed by atoms with Crippen LogP contribution in [-0.2, 0) is 14.6 Å². The minimum absolute atomic E-state index is 0.0271. The zero-order valence-corrected chi connectivity index (χ0v) is 15.4. The number of fused-ring (bicyclic) bond motifs is 1. The maximum absolute atomic E-state index is 12.4. The summed E-state index contributed by atoms with van der Waals surface area (Å²) in [5.41, 5.74) is -0.123. The first-order valence-electron chi connectivity index (χ1n) is 8.68. The van der Waals surface area contributed by atoms with Crippen LogP contribution in [0.3, 0.4) is 0 Å². The Morgan fingerprint density at radius 2 is 1.92 bits per heavy atom. The Kier molecular flexibility index (Phi) is 3.32. The molecule has 3 atom stereocenters. The molecule has 2 saturated heterocycles. The van der Waals surface area contributed by atoms with Gasteiger partial charge in [0.1, 0.15) is 0 Å². The molecule has 8 nitrogen and oxygen atoms in total. The second-order valence-electron chi connectivity index (χ2n) is 8.22. The molecule has 0 aromatic carbocycles. The molecule has 140 valence electrons. The predicted molar refractivity (Wildman–Crippen MR) is 90.1 cm³/mol. The van der Waals surface area contributed by atoms with E-state index in [9.17, 15) is 18.0 Å². The number of hydrogen-bond donors (Lipinski definition) is 1. The minimum atomic E-state index is -2.85. The van der Waals surface area contributed by atoms with E-state index in [1.807, 2.05) is 0 Å². The Morgan fingerprint density at radius 3 is 2.46 bits per heavy atom. The van der Waals surface area contributed by atoms with Crippen LogP contribution in [0.5, 0.6) is 0 Å². The number of amides is 2. The Morgan fingerprint density at radius 1 is 1.27 bits per heavy atom. The Balaban J connectivity index is 1.10. The SMILES string of the molecule is O=C(NC1[C@H]2CN(C(=O)c3cc(Cl)no3)C[C@@H]12)C1CC2(C1)CS(=O)(=O)C2. The lowest BCUT2D eigenvalue weighted by atomic mass is 9.63. The van der Waals surface area contributed by atoms with E-state index in [4.69, 9.17) is 16.1 Å². The number of nitrogens with one attached hydrogen (secondary N) is 1. The average molecular weight is 400 g/mol. The molecule has 4 aliphatic rings. The first-order chi connectivity index (χ1) is 12.3. The molecule has 2 aliphatic heterocycles. The van der Waals surface area contributed by atoms with Gasteiger partial charge in [-0.15, -0.1) is 0 Å². The molecule has 1 N–H and O–H groups in total. The standard InChI is InChI=1S/C16H18ClN3O5S/c17-12-1-11(25-19-12)15(22)20-4-9-10(5-20)13(9)18-14(21)8-2-16(3-8)6-26(23,24)7-16/h1,8-10,13H,2-7H2,(H,18,21)/t9-,10+,13?. The highest BCUT2D eigenvalue weighted by atomic mass is 35.5. The maximum atomic E-state index is 12.4. The first kappa shape index (κ1) is 16.6. The van der Waals surface area contributed by atoms with Crippen molar-refractivity contribution in [2.24, 2.45) is 23.2 Å². The summed E-state index contributed by atoms with van der Waals surface area (Å²) >= 11 is 5.67. The topological polar surface area (TPSA) is 110 Å². The highest BCUT2D eigenvalue weighted by Gasteiger charge is 2.61. The van der Waals surface area contributed by atoms with Gasteiger partial charge in [-0.25, -0.2) is 8.42 Å². The smallest absolute Gasteiger partial charge is 0.292 e. The molecule has 1 unspecified atom stereocenters. The first-order valence-corrected chi connectivity index (χ1v) is 10.9. The number of aromatic nitrogens is 1. The van der Waals surface area contributed by atoms with E-state index in [2.05, 4.69) is 10.5 Å². The lowest BCUT2D eigenvalue weighted by molar-refractivity contribution is -0.132. The van der Waals surface area contributed by atoms with Gasteiger partial charge in [0, 0.05) is 43.0 Å². The summed E-state index contributed by atoms with van der Waals surface area (Å²) in [4.78, 5) is 26.3. The van der Waals surface area contributed by atoms with Gasteiger partial charge in [-0.05, 0) is 18.3 Å². The van der Waals surface area contributed by atoms with Gasteiger partial charge in [-0.3, -0.25) is 9.59 Å². The van der Waals surface area contributed by atoms with E-state index < -0.39 is 9.84 Å². The van der Waals surface area contributed by atoms with Crippen LogP contribution in [0, 0.1) is 23.2 Å². The van der Waals surface area contributed by atoms with Gasteiger partial charge >= 0.3 is 0 Å². The Bertz CT molecular complexity index is 881. The lowest BCUT2D eigenvalue weighted by Gasteiger charge is -2.52. The van der Waals surface area contributed by atoms with Gasteiger partial charge in [0.25, 0.3) is 5.91 Å². The molecule has 1 aromatic rings. The zero-order chi connectivity index (χ0) is 18.3. The third kappa shape index (κ3) is 2.55. The number of hydrogen-bond acceptors (Lipinski definition) is 6. The van der Waals surface area contributed by atoms with Crippen molar-refractivity contribution in [3.8, 4) is 0 Å². The van der Waals surface area contributed by atoms with Crippen molar-refractivity contribution in [3.05, 3.63) is 17.0 Å². The van der Waals surface area contributed by atoms with Crippen LogP contribution in [0.4, 0.5) is 0 Å². The van der Waals surface area contributed by atoms with Crippen molar-refractivity contribution in [2.45, 2.75) is 18.9 Å². The summed E-state index contributed by atoms with van der Waals surface area (Å²) in [6.45, 7) is 1.17. The number of sulfone groups is 1. The van der Waals surface area contributed by atoms with Gasteiger partial charge in [0.2, 0.25) is 11.7 Å². The normalized spacial score (nSPS) is 33.3. The van der Waals surface area contributed by atoms with Crippen LogP contribution in [0.15, 0.2) is 10.6 Å². The second kappa shape index (κ2) is 5.22. The summed E-state index contributed by atoms with van der Waals surface area (Å²) in [7, 11) is -2.85. The lowest BCUT2D eigenvalue weighted by Crippen LogP contribution is -2.59. The number of nitrogens with zero attached hydrogens (tertiary/aromatic N) is 2. The van der Waals surface area contributed by atoms with Gasteiger partial charge in [0.15, 0.2) is 15.0 Å². The van der Waals surface area contributed by atoms with Crippen molar-refractivity contribution in [3.63, 3.8) is 0 Å². The largest absolute Gasteiger partial charge is 0.352 e. The number of halogens is 1. The fourth-order valence-corrected chi connectivity index (χ4v) is 7.38. The average Bonchev–Trinajstić information content (AvgIpc) is 2.92. The Labute approximate surface area is 155 Å². The van der Waals surface area contributed by atoms with E-state index in [1.54, 1.807) is 4.90 Å². The van der Waals surface area contributed by atoms with Crippen LogP contribution in [0.25, 0.3) is 0 Å². The molecule has 26 heavy (non-hydrogen) atoms. The number of rotatable bonds is 3. The van der Waals surface area contributed by atoms with Gasteiger partial charge in [-0.1, -0.05) is 16.8 Å². The number of piperidine rings is 1. The van der Waals surface area contributed by atoms with Gasteiger partial charge in [0.05, 0.1) is 11.5 Å². The number of carbonyl (C=O) groups excluding carboxylic acids is 2. The fourth-order valence-electron chi connectivity index (χ4n) is 5.00. The van der Waals surface area contributed by atoms with E-state index in [-0.39, 0.29) is 63.4 Å². The molecular formula is C16H18ClN3O5S. The summed E-state index contributed by atoms with van der Waals surface area (Å²) in [5.74, 6) is 0.891. The molecule has 3 heterocycles. The van der Waals surface area contributed by atoms with Crippen molar-refractivity contribution in [1.29, 1.82) is 0 Å². The van der Waals surface area contributed by atoms with Crippen molar-refractivity contribution >= 4 is 33.3 Å². The third-order valence-electron chi connectivity index (χ3n) is 6.26. The summed E-state index contributed by atoms with van der Waals surface area (Å²) in [6.07, 6.45) is 1.36. The van der Waals surface area contributed by atoms with E-state index in [0.29, 0.717) is 25.9 Å². The maximum Gasteiger partial charge on any atom is 0.292 e. The molecule has 1 aromatic heterocycles. The molecule has 1 spiro atoms. The molecule has 5 rings (SSSR count). The van der Waals surface area contributed by atoms with Crippen LogP contribution in [0.2, 0.25) is 5.15 Å². The third-order valence-corrected chi connectivity index (χ3v) is 8.55. The summed E-state index contributed by atoms with van der Waals surface area (Å²) in [5, 5.41) is 6.75. The van der Waals surface area contributed by atoms with E-state index >= 15 is 0 Å². The molecule has 0 bridgehead atoms. The van der Waals surface area contributed by atoms with Crippen molar-refractivity contribution in [1.82, 2.24) is 15.4 Å². The number of likely N-dealkylation sites (tertiary alicyclic amines) is 1. The molecular weight excluding hydrogens is 382 g/mol. The summed E-state index contributed by atoms with van der Waals surface area (Å²) < 4.78 is 27.6. The summed E-state index contributed by atoms with van der Waals surface area (Å²) in [6, 6.07) is 1.52. The molecule has 4 fully saturated rings.